The van der Waals surface area contributed by atoms with Crippen molar-refractivity contribution in [1.29, 1.82) is 0 Å². The minimum atomic E-state index is -3.12. The normalized spacial score (nSPS) is 6.29. The van der Waals surface area contributed by atoms with Gasteiger partial charge in [0.15, 0.2) is 0 Å². The average molecular weight is 189 g/mol. The molecule has 0 aliphatic rings. The average Bonchev–Trinajstić information content (AvgIpc) is 0.811. The Hall–Kier alpha value is 0.890. The van der Waals surface area contributed by atoms with E-state index in [0.717, 1.165) is 0 Å². The van der Waals surface area contributed by atoms with Gasteiger partial charge in [-0.2, -0.15) is 4.89 Å². The molecule has 0 heterocycles. The first-order chi connectivity index (χ1) is 1.73. The summed E-state index contributed by atoms with van der Waals surface area (Å²) in [5, 5.41) is 0. The van der Waals surface area contributed by atoms with E-state index in [1.54, 1.807) is 0 Å². The lowest BCUT2D eigenvalue weighted by Crippen LogP contribution is -1.78. The zero-order valence-electron chi connectivity index (χ0n) is 2.94. The predicted octanol–water partition coefficient (Wildman–Crippen LogP) is 0.262. The minimum Gasteiger partial charge on any atom is -0.567 e. The van der Waals surface area contributed by atoms with Crippen LogP contribution in [0.15, 0.2) is 0 Å². The molecule has 1 atom stereocenters. The molecule has 0 spiro atoms. The van der Waals surface area contributed by atoms with Gasteiger partial charge in [0.05, 0.1) is 0 Å². The second kappa shape index (κ2) is 15.8. The lowest BCUT2D eigenvalue weighted by Gasteiger charge is -1.56. The molecular weight excluding hydrogens is 185 g/mol. The summed E-state index contributed by atoms with van der Waals surface area (Å²) in [5.74, 6) is 0. The topological polar surface area (TPSA) is 60.4 Å². The standard InChI is InChI=1S/3ClH.HO3P/c;;;1-4(2)3/h3*1H;(H,1,2,3). The van der Waals surface area contributed by atoms with Crippen LogP contribution in [0.5, 0.6) is 0 Å². The van der Waals surface area contributed by atoms with Crippen LogP contribution in [0, 0.1) is 0 Å². The summed E-state index contributed by atoms with van der Waals surface area (Å²) >= 11 is 0. The number of rotatable bonds is 0. The molecule has 0 radical (unpaired) electrons. The first-order valence-electron chi connectivity index (χ1n) is 0.565. The van der Waals surface area contributed by atoms with E-state index in [0.29, 0.717) is 0 Å². The van der Waals surface area contributed by atoms with Crippen LogP contribution in [0.1, 0.15) is 0 Å². The maximum absolute atomic E-state index is 8.59. The van der Waals surface area contributed by atoms with Crippen LogP contribution in [-0.4, -0.2) is 4.89 Å². The molecule has 7 heteroatoms. The van der Waals surface area contributed by atoms with E-state index in [1.165, 1.54) is 0 Å². The molecule has 7 heavy (non-hydrogen) atoms. The molecule has 0 saturated carbocycles. The van der Waals surface area contributed by atoms with Crippen LogP contribution in [0.4, 0.5) is 0 Å². The summed E-state index contributed by atoms with van der Waals surface area (Å²) in [6, 6.07) is 0. The van der Waals surface area contributed by atoms with Gasteiger partial charge in [0.2, 0.25) is 0 Å². The van der Waals surface area contributed by atoms with Gasteiger partial charge in [0.25, 0.3) is 0 Å². The highest BCUT2D eigenvalue weighted by Gasteiger charge is 1.73. The van der Waals surface area contributed by atoms with Crippen molar-refractivity contribution >= 4 is 45.5 Å². The summed E-state index contributed by atoms with van der Waals surface area (Å²) in [5.41, 5.74) is 0. The molecule has 48 valence electrons. The molecule has 0 aromatic heterocycles. The highest BCUT2D eigenvalue weighted by molar-refractivity contribution is 7.29. The molecule has 0 rings (SSSR count). The Morgan fingerprint density at radius 3 is 1.29 bits per heavy atom. The SMILES string of the molecule is Cl.Cl.Cl.O=[P+]([O-])O. The third-order valence-electron chi connectivity index (χ3n) is 0. The van der Waals surface area contributed by atoms with E-state index < -0.39 is 8.25 Å². The smallest absolute Gasteiger partial charge is 0.485 e. The highest BCUT2D eigenvalue weighted by atomic mass is 35.5. The molecule has 1 N–H and O–H groups in total. The fourth-order valence-electron chi connectivity index (χ4n) is 0. The Bertz CT molecular complexity index is 33.2. The second-order valence-electron chi connectivity index (χ2n) is 0.238. The number of hydrogen-bond donors (Lipinski definition) is 1. The zero-order chi connectivity index (χ0) is 3.58. The molecule has 0 aliphatic carbocycles. The highest BCUT2D eigenvalue weighted by Crippen LogP contribution is 1.89. The summed E-state index contributed by atoms with van der Waals surface area (Å²) in [4.78, 5) is 15.6. The molecule has 0 bridgehead atoms. The minimum absolute atomic E-state index is 0. The van der Waals surface area contributed by atoms with Gasteiger partial charge in [-0.25, -0.2) is 0 Å². The van der Waals surface area contributed by atoms with Crippen molar-refractivity contribution in [1.82, 2.24) is 0 Å². The number of halogens is 3. The van der Waals surface area contributed by atoms with Crippen LogP contribution >= 0.6 is 45.5 Å². The van der Waals surface area contributed by atoms with Gasteiger partial charge in [-0.15, -0.1) is 37.2 Å². The lowest BCUT2D eigenvalue weighted by molar-refractivity contribution is -0.180. The van der Waals surface area contributed by atoms with Crippen molar-refractivity contribution in [2.75, 3.05) is 0 Å². The van der Waals surface area contributed by atoms with Crippen molar-refractivity contribution < 1.29 is 14.4 Å². The van der Waals surface area contributed by atoms with Crippen LogP contribution in [0.25, 0.3) is 0 Å². The molecule has 0 aromatic carbocycles. The van der Waals surface area contributed by atoms with Crippen LogP contribution in [-0.2, 0) is 4.57 Å². The van der Waals surface area contributed by atoms with Crippen molar-refractivity contribution in [3.8, 4) is 0 Å². The monoisotopic (exact) mass is 188 g/mol. The van der Waals surface area contributed by atoms with Gasteiger partial charge in [0, 0.05) is 0 Å². The fraction of sp³-hybridized carbons (Fsp3) is 0. The van der Waals surface area contributed by atoms with Gasteiger partial charge in [-0.3, -0.25) is 0 Å². The van der Waals surface area contributed by atoms with E-state index in [9.17, 15) is 0 Å². The van der Waals surface area contributed by atoms with Gasteiger partial charge in [0.1, 0.15) is 0 Å². The third kappa shape index (κ3) is 208. The summed E-state index contributed by atoms with van der Waals surface area (Å²) in [7, 11) is -3.12. The van der Waals surface area contributed by atoms with Crippen LogP contribution in [0.3, 0.4) is 0 Å². The van der Waals surface area contributed by atoms with E-state index in [4.69, 9.17) is 14.4 Å². The van der Waals surface area contributed by atoms with Crippen molar-refractivity contribution in [2.45, 2.75) is 0 Å². The maximum atomic E-state index is 8.59. The fourth-order valence-corrected chi connectivity index (χ4v) is 0. The molecule has 0 fully saturated rings. The van der Waals surface area contributed by atoms with E-state index in [2.05, 4.69) is 0 Å². The Morgan fingerprint density at radius 2 is 1.29 bits per heavy atom. The first-order valence-corrected chi connectivity index (χ1v) is 1.70. The van der Waals surface area contributed by atoms with E-state index in [1.807, 2.05) is 0 Å². The first kappa shape index (κ1) is 24.8. The third-order valence-corrected chi connectivity index (χ3v) is 0. The van der Waals surface area contributed by atoms with Crippen LogP contribution in [0.2, 0.25) is 0 Å². The molecule has 0 amide bonds. The Morgan fingerprint density at radius 1 is 1.29 bits per heavy atom. The Labute approximate surface area is 60.3 Å². The molecule has 0 aromatic rings. The van der Waals surface area contributed by atoms with Crippen molar-refractivity contribution in [2.24, 2.45) is 0 Å². The maximum Gasteiger partial charge on any atom is 0.485 e. The largest absolute Gasteiger partial charge is 0.567 e. The second-order valence-corrected chi connectivity index (χ2v) is 0.714. The number of hydrogen-bond acceptors (Lipinski definition) is 2. The van der Waals surface area contributed by atoms with Gasteiger partial charge < -0.3 is 4.89 Å². The quantitative estimate of drug-likeness (QED) is 0.556. The van der Waals surface area contributed by atoms with Gasteiger partial charge in [-0.1, -0.05) is 0 Å². The lowest BCUT2D eigenvalue weighted by atomic mass is 15.8. The molecule has 0 aliphatic heterocycles. The summed E-state index contributed by atoms with van der Waals surface area (Å²) in [6.07, 6.45) is 0. The molecule has 3 nitrogen and oxygen atoms in total. The van der Waals surface area contributed by atoms with Crippen molar-refractivity contribution in [3.63, 3.8) is 0 Å². The predicted molar refractivity (Wildman–Crippen MR) is 31.6 cm³/mol. The molecule has 0 saturated heterocycles. The van der Waals surface area contributed by atoms with E-state index >= 15 is 0 Å². The molecular formula is H4Cl3O3P. The van der Waals surface area contributed by atoms with E-state index in [-0.39, 0.29) is 37.2 Å². The van der Waals surface area contributed by atoms with Gasteiger partial charge in [-0.05, 0) is 4.57 Å². The summed E-state index contributed by atoms with van der Waals surface area (Å²) in [6.45, 7) is 0. The van der Waals surface area contributed by atoms with Crippen LogP contribution < -0.4 is 4.89 Å². The van der Waals surface area contributed by atoms with Crippen molar-refractivity contribution in [3.05, 3.63) is 0 Å². The zero-order valence-corrected chi connectivity index (χ0v) is 6.28. The molecule has 1 unspecified atom stereocenters. The van der Waals surface area contributed by atoms with Gasteiger partial charge >= 0.3 is 8.25 Å². The Balaban J connectivity index is -0.0000000150. The summed E-state index contributed by atoms with van der Waals surface area (Å²) < 4.78 is 8.59. The Kier molecular flexibility index (Phi) is 55.9.